The van der Waals surface area contributed by atoms with Crippen molar-refractivity contribution in [1.82, 2.24) is 9.97 Å². The molecule has 1 heterocycles. The van der Waals surface area contributed by atoms with Crippen LogP contribution in [0.1, 0.15) is 16.3 Å². The second kappa shape index (κ2) is 7.77. The number of para-hydroxylation sites is 3. The van der Waals surface area contributed by atoms with Crippen LogP contribution in [0.25, 0.3) is 0 Å². The van der Waals surface area contributed by atoms with Crippen LogP contribution in [0.3, 0.4) is 0 Å². The lowest BCUT2D eigenvalue weighted by molar-refractivity contribution is 0.102. The summed E-state index contributed by atoms with van der Waals surface area (Å²) < 4.78 is 32.8. The predicted octanol–water partition coefficient (Wildman–Crippen LogP) is 4.07. The van der Waals surface area contributed by atoms with E-state index in [0.29, 0.717) is 11.4 Å². The minimum Gasteiger partial charge on any atom is -0.495 e. The van der Waals surface area contributed by atoms with Gasteiger partial charge >= 0.3 is 0 Å². The molecular weight excluding hydrogens is 354 g/mol. The molecule has 2 aromatic carbocycles. The average molecular weight is 370 g/mol. The number of aryl methyl sites for hydroxylation is 1. The third-order valence-electron chi connectivity index (χ3n) is 3.64. The SMILES string of the molecule is COc1ccccc1NC(=O)c1cc(Nc2c(F)cccc2F)nc(C)n1. The van der Waals surface area contributed by atoms with Gasteiger partial charge in [-0.25, -0.2) is 18.7 Å². The molecule has 2 N–H and O–H groups in total. The van der Waals surface area contributed by atoms with Crippen molar-refractivity contribution < 1.29 is 18.3 Å². The van der Waals surface area contributed by atoms with Crippen molar-refractivity contribution in [3.05, 3.63) is 71.7 Å². The van der Waals surface area contributed by atoms with Crippen LogP contribution in [-0.4, -0.2) is 23.0 Å². The number of hydrogen-bond acceptors (Lipinski definition) is 5. The van der Waals surface area contributed by atoms with Crippen molar-refractivity contribution in [2.24, 2.45) is 0 Å². The number of benzene rings is 2. The highest BCUT2D eigenvalue weighted by Crippen LogP contribution is 2.25. The van der Waals surface area contributed by atoms with Crippen LogP contribution >= 0.6 is 0 Å². The molecule has 138 valence electrons. The smallest absolute Gasteiger partial charge is 0.274 e. The zero-order chi connectivity index (χ0) is 19.4. The molecule has 0 saturated carbocycles. The number of carbonyl (C=O) groups excluding carboxylic acids is 1. The summed E-state index contributed by atoms with van der Waals surface area (Å²) in [5.74, 6) is -1.21. The van der Waals surface area contributed by atoms with E-state index >= 15 is 0 Å². The molecule has 0 aliphatic carbocycles. The Morgan fingerprint density at radius 3 is 2.44 bits per heavy atom. The van der Waals surface area contributed by atoms with Crippen LogP contribution in [0.5, 0.6) is 5.75 Å². The first-order chi connectivity index (χ1) is 13.0. The van der Waals surface area contributed by atoms with Gasteiger partial charge in [0.15, 0.2) is 0 Å². The molecule has 0 fully saturated rings. The third kappa shape index (κ3) is 4.17. The molecule has 3 aromatic rings. The van der Waals surface area contributed by atoms with Gasteiger partial charge in [-0.3, -0.25) is 4.79 Å². The van der Waals surface area contributed by atoms with E-state index in [-0.39, 0.29) is 23.0 Å². The summed E-state index contributed by atoms with van der Waals surface area (Å²) in [7, 11) is 1.49. The van der Waals surface area contributed by atoms with Crippen LogP contribution in [0.15, 0.2) is 48.5 Å². The van der Waals surface area contributed by atoms with Gasteiger partial charge in [0.1, 0.15) is 40.4 Å². The molecule has 8 heteroatoms. The van der Waals surface area contributed by atoms with Crippen LogP contribution in [-0.2, 0) is 0 Å². The fourth-order valence-corrected chi connectivity index (χ4v) is 2.43. The number of nitrogens with one attached hydrogen (secondary N) is 2. The Morgan fingerprint density at radius 1 is 1.04 bits per heavy atom. The fraction of sp³-hybridized carbons (Fsp3) is 0.105. The Bertz CT molecular complexity index is 975. The molecule has 6 nitrogen and oxygen atoms in total. The molecule has 27 heavy (non-hydrogen) atoms. The van der Waals surface area contributed by atoms with Crippen molar-refractivity contribution >= 4 is 23.1 Å². The number of ether oxygens (including phenoxy) is 1. The topological polar surface area (TPSA) is 76.1 Å². The zero-order valence-electron chi connectivity index (χ0n) is 14.6. The highest BCUT2D eigenvalue weighted by Gasteiger charge is 2.15. The van der Waals surface area contributed by atoms with E-state index in [4.69, 9.17) is 4.74 Å². The minimum absolute atomic E-state index is 0.0349. The number of anilines is 3. The summed E-state index contributed by atoms with van der Waals surface area (Å²) in [6, 6.07) is 11.7. The Balaban J connectivity index is 1.88. The second-order valence-corrected chi connectivity index (χ2v) is 5.56. The first-order valence-electron chi connectivity index (χ1n) is 7.99. The van der Waals surface area contributed by atoms with E-state index < -0.39 is 17.5 Å². The maximum atomic E-state index is 13.8. The summed E-state index contributed by atoms with van der Waals surface area (Å²) >= 11 is 0. The molecule has 0 aliphatic rings. The lowest BCUT2D eigenvalue weighted by atomic mass is 10.2. The molecule has 0 atom stereocenters. The van der Waals surface area contributed by atoms with E-state index in [1.54, 1.807) is 31.2 Å². The van der Waals surface area contributed by atoms with Crippen molar-refractivity contribution in [3.8, 4) is 5.75 Å². The van der Waals surface area contributed by atoms with Crippen LogP contribution in [0, 0.1) is 18.6 Å². The molecular formula is C19H16F2N4O2. The molecule has 1 aromatic heterocycles. The molecule has 0 bridgehead atoms. The summed E-state index contributed by atoms with van der Waals surface area (Å²) in [5, 5.41) is 5.25. The maximum Gasteiger partial charge on any atom is 0.274 e. The molecule has 0 spiro atoms. The molecule has 0 saturated heterocycles. The summed E-state index contributed by atoms with van der Waals surface area (Å²) in [5.41, 5.74) is 0.148. The van der Waals surface area contributed by atoms with Crippen LogP contribution < -0.4 is 15.4 Å². The molecule has 0 aliphatic heterocycles. The van der Waals surface area contributed by atoms with Gasteiger partial charge in [-0.15, -0.1) is 0 Å². The average Bonchev–Trinajstić information content (AvgIpc) is 2.65. The van der Waals surface area contributed by atoms with Crippen molar-refractivity contribution in [2.75, 3.05) is 17.7 Å². The monoisotopic (exact) mass is 370 g/mol. The standard InChI is InChI=1S/C19H16F2N4O2/c1-11-22-15(19(26)24-14-8-3-4-9-16(14)27-2)10-17(23-11)25-18-12(20)6-5-7-13(18)21/h3-10H,1-2H3,(H,24,26)(H,22,23,25). The first kappa shape index (κ1) is 18.2. The normalized spacial score (nSPS) is 10.4. The Labute approximate surface area is 154 Å². The van der Waals surface area contributed by atoms with Gasteiger partial charge in [-0.1, -0.05) is 18.2 Å². The number of nitrogens with zero attached hydrogens (tertiary/aromatic N) is 2. The largest absolute Gasteiger partial charge is 0.495 e. The Kier molecular flexibility index (Phi) is 5.25. The lowest BCUT2D eigenvalue weighted by Crippen LogP contribution is -2.16. The molecule has 0 unspecified atom stereocenters. The van der Waals surface area contributed by atoms with Gasteiger partial charge in [0.2, 0.25) is 0 Å². The molecule has 3 rings (SSSR count). The number of aromatic nitrogens is 2. The maximum absolute atomic E-state index is 13.8. The number of hydrogen-bond donors (Lipinski definition) is 2. The van der Waals surface area contributed by atoms with Crippen molar-refractivity contribution in [1.29, 1.82) is 0 Å². The van der Waals surface area contributed by atoms with E-state index in [2.05, 4.69) is 20.6 Å². The van der Waals surface area contributed by atoms with E-state index in [0.717, 1.165) is 12.1 Å². The van der Waals surface area contributed by atoms with Crippen LogP contribution in [0.2, 0.25) is 0 Å². The quantitative estimate of drug-likeness (QED) is 0.708. The number of methoxy groups -OCH3 is 1. The van der Waals surface area contributed by atoms with E-state index in [1.165, 1.54) is 19.2 Å². The second-order valence-electron chi connectivity index (χ2n) is 5.56. The van der Waals surface area contributed by atoms with Crippen LogP contribution in [0.4, 0.5) is 26.0 Å². The van der Waals surface area contributed by atoms with Gasteiger partial charge in [0, 0.05) is 6.07 Å². The first-order valence-corrected chi connectivity index (χ1v) is 7.99. The Hall–Kier alpha value is -3.55. The fourth-order valence-electron chi connectivity index (χ4n) is 2.43. The van der Waals surface area contributed by atoms with Gasteiger partial charge < -0.3 is 15.4 Å². The zero-order valence-corrected chi connectivity index (χ0v) is 14.6. The van der Waals surface area contributed by atoms with Gasteiger partial charge in [-0.2, -0.15) is 0 Å². The van der Waals surface area contributed by atoms with Gasteiger partial charge in [0.25, 0.3) is 5.91 Å². The third-order valence-corrected chi connectivity index (χ3v) is 3.64. The summed E-state index contributed by atoms with van der Waals surface area (Å²) in [4.78, 5) is 20.7. The van der Waals surface area contributed by atoms with Crippen molar-refractivity contribution in [2.45, 2.75) is 6.92 Å². The van der Waals surface area contributed by atoms with Crippen molar-refractivity contribution in [3.63, 3.8) is 0 Å². The predicted molar refractivity (Wildman–Crippen MR) is 97.4 cm³/mol. The molecule has 1 amide bonds. The summed E-state index contributed by atoms with van der Waals surface area (Å²) in [6.45, 7) is 1.57. The van der Waals surface area contributed by atoms with E-state index in [9.17, 15) is 13.6 Å². The number of carbonyl (C=O) groups is 1. The van der Waals surface area contributed by atoms with Gasteiger partial charge in [-0.05, 0) is 31.2 Å². The molecule has 0 radical (unpaired) electrons. The number of amides is 1. The lowest BCUT2D eigenvalue weighted by Gasteiger charge is -2.12. The highest BCUT2D eigenvalue weighted by atomic mass is 19.1. The van der Waals surface area contributed by atoms with Gasteiger partial charge in [0.05, 0.1) is 12.8 Å². The number of halogens is 2. The van der Waals surface area contributed by atoms with E-state index in [1.807, 2.05) is 0 Å². The minimum atomic E-state index is -0.772. The Morgan fingerprint density at radius 2 is 1.74 bits per heavy atom. The highest BCUT2D eigenvalue weighted by molar-refractivity contribution is 6.04. The summed E-state index contributed by atoms with van der Waals surface area (Å²) in [6.07, 6.45) is 0. The number of rotatable bonds is 5.